The lowest BCUT2D eigenvalue weighted by Gasteiger charge is -2.10. The molecule has 4 aromatic heterocycles. The SMILES string of the molecule is c1ccc2c(c1)c1ccccc1c1cc3c(cc21)sc1nc(-c2ccc4c(c2)oc2ccc(-n5c6ccccc6c6ccccc65)cc24)ncc13. The van der Waals surface area contributed by atoms with Crippen LogP contribution < -0.4 is 0 Å². The van der Waals surface area contributed by atoms with Gasteiger partial charge in [-0.3, -0.25) is 0 Å². The number of para-hydroxylation sites is 2. The number of rotatable bonds is 2. The Morgan fingerprint density at radius 2 is 1.08 bits per heavy atom. The third-order valence-electron chi connectivity index (χ3n) is 10.6. The monoisotopic (exact) mass is 667 g/mol. The van der Waals surface area contributed by atoms with Gasteiger partial charge in [0.05, 0.1) is 11.0 Å². The van der Waals surface area contributed by atoms with E-state index in [0.29, 0.717) is 5.82 Å². The molecule has 0 aliphatic rings. The molecule has 0 unspecified atom stereocenters. The summed E-state index contributed by atoms with van der Waals surface area (Å²) in [5.74, 6) is 0.697. The van der Waals surface area contributed by atoms with Crippen molar-refractivity contribution in [1.29, 1.82) is 0 Å². The van der Waals surface area contributed by atoms with Crippen LogP contribution in [0.25, 0.3) is 113 Å². The summed E-state index contributed by atoms with van der Waals surface area (Å²) in [7, 11) is 0. The highest BCUT2D eigenvalue weighted by Crippen LogP contribution is 2.42. The van der Waals surface area contributed by atoms with E-state index in [-0.39, 0.29) is 0 Å². The molecule has 4 heterocycles. The summed E-state index contributed by atoms with van der Waals surface area (Å²) in [5, 5.41) is 14.6. The van der Waals surface area contributed by atoms with Gasteiger partial charge in [0.25, 0.3) is 0 Å². The van der Waals surface area contributed by atoms with Gasteiger partial charge in [-0.1, -0.05) is 91.0 Å². The lowest BCUT2D eigenvalue weighted by atomic mass is 9.93. The van der Waals surface area contributed by atoms with Gasteiger partial charge in [-0.15, -0.1) is 11.3 Å². The molecule has 5 heteroatoms. The summed E-state index contributed by atoms with van der Waals surface area (Å²) in [6.07, 6.45) is 1.99. The van der Waals surface area contributed by atoms with Crippen LogP contribution in [0, 0.1) is 0 Å². The molecule has 0 fully saturated rings. The van der Waals surface area contributed by atoms with Gasteiger partial charge in [0.15, 0.2) is 5.82 Å². The van der Waals surface area contributed by atoms with Gasteiger partial charge in [0.1, 0.15) is 16.0 Å². The maximum atomic E-state index is 6.45. The minimum atomic E-state index is 0.697. The fourth-order valence-electron chi connectivity index (χ4n) is 8.34. The van der Waals surface area contributed by atoms with E-state index in [1.54, 1.807) is 11.3 Å². The van der Waals surface area contributed by atoms with Crippen LogP contribution >= 0.6 is 11.3 Å². The summed E-state index contributed by atoms with van der Waals surface area (Å²) in [6.45, 7) is 0. The minimum Gasteiger partial charge on any atom is -0.456 e. The summed E-state index contributed by atoms with van der Waals surface area (Å²) in [5.41, 5.74) is 6.12. The molecule has 0 aliphatic carbocycles. The Bertz CT molecular complexity index is 3390. The predicted octanol–water partition coefficient (Wildman–Crippen LogP) is 13.0. The Morgan fingerprint density at radius 3 is 1.78 bits per heavy atom. The molecular weight excluding hydrogens is 643 g/mol. The Kier molecular flexibility index (Phi) is 5.35. The zero-order valence-corrected chi connectivity index (χ0v) is 27.9. The molecule has 0 aliphatic heterocycles. The van der Waals surface area contributed by atoms with Gasteiger partial charge >= 0.3 is 0 Å². The van der Waals surface area contributed by atoms with Crippen LogP contribution in [0.4, 0.5) is 0 Å². The number of fused-ring (bicyclic) bond motifs is 15. The highest BCUT2D eigenvalue weighted by Gasteiger charge is 2.17. The van der Waals surface area contributed by atoms with Crippen molar-refractivity contribution in [1.82, 2.24) is 14.5 Å². The second-order valence-electron chi connectivity index (χ2n) is 13.4. The standard InChI is InChI=1S/C46H25N3OS/c1-3-11-30-28(9-1)29-10-2-4-12-31(29)36-24-44-38(23-35(30)36)39-25-47-45(48-46(39)51-44)26-17-19-34-37-22-27(18-20-42(37)50-43(34)21-26)49-40-15-7-5-13-32(40)33-14-6-8-16-41(33)49/h1-25H. The molecule has 0 N–H and O–H groups in total. The van der Waals surface area contributed by atoms with Crippen LogP contribution in [0.15, 0.2) is 156 Å². The molecule has 0 spiro atoms. The Morgan fingerprint density at radius 1 is 0.451 bits per heavy atom. The second-order valence-corrected chi connectivity index (χ2v) is 14.4. The van der Waals surface area contributed by atoms with Crippen LogP contribution in [0.3, 0.4) is 0 Å². The topological polar surface area (TPSA) is 43.9 Å². The first-order valence-corrected chi connectivity index (χ1v) is 18.0. The maximum Gasteiger partial charge on any atom is 0.160 e. The molecule has 0 saturated carbocycles. The molecule has 0 radical (unpaired) electrons. The molecule has 12 rings (SSSR count). The Balaban J connectivity index is 0.996. The minimum absolute atomic E-state index is 0.697. The predicted molar refractivity (Wildman–Crippen MR) is 214 cm³/mol. The van der Waals surface area contributed by atoms with Crippen LogP contribution in [0.1, 0.15) is 0 Å². The van der Waals surface area contributed by atoms with E-state index < -0.39 is 0 Å². The smallest absolute Gasteiger partial charge is 0.160 e. The van der Waals surface area contributed by atoms with E-state index in [9.17, 15) is 0 Å². The van der Waals surface area contributed by atoms with Gasteiger partial charge in [0.2, 0.25) is 0 Å². The van der Waals surface area contributed by atoms with Gasteiger partial charge in [-0.25, -0.2) is 9.97 Å². The number of aromatic nitrogens is 3. The van der Waals surface area contributed by atoms with Gasteiger partial charge in [-0.05, 0) is 86.9 Å². The zero-order chi connectivity index (χ0) is 33.2. The van der Waals surface area contributed by atoms with Crippen LogP contribution in [-0.4, -0.2) is 14.5 Å². The molecule has 51 heavy (non-hydrogen) atoms. The molecular formula is C46H25N3OS. The quantitative estimate of drug-likeness (QED) is 0.172. The van der Waals surface area contributed by atoms with Crippen molar-refractivity contribution in [2.45, 2.75) is 0 Å². The summed E-state index contributed by atoms with van der Waals surface area (Å²) in [4.78, 5) is 11.0. The summed E-state index contributed by atoms with van der Waals surface area (Å²) >= 11 is 1.73. The van der Waals surface area contributed by atoms with Crippen molar-refractivity contribution in [3.63, 3.8) is 0 Å². The third-order valence-corrected chi connectivity index (χ3v) is 11.7. The number of benzene rings is 8. The van der Waals surface area contributed by atoms with Gasteiger partial charge < -0.3 is 8.98 Å². The maximum absolute atomic E-state index is 6.45. The summed E-state index contributed by atoms with van der Waals surface area (Å²) < 4.78 is 10.0. The van der Waals surface area contributed by atoms with Crippen molar-refractivity contribution in [3.05, 3.63) is 152 Å². The average molecular weight is 668 g/mol. The molecule has 0 bridgehead atoms. The van der Waals surface area contributed by atoms with Crippen LogP contribution in [-0.2, 0) is 0 Å². The first-order valence-electron chi connectivity index (χ1n) is 17.1. The molecule has 12 aromatic rings. The van der Waals surface area contributed by atoms with E-state index in [2.05, 4.69) is 150 Å². The number of hydrogen-bond acceptors (Lipinski definition) is 4. The highest BCUT2D eigenvalue weighted by atomic mass is 32.1. The van der Waals surface area contributed by atoms with Crippen LogP contribution in [0.5, 0.6) is 0 Å². The fourth-order valence-corrected chi connectivity index (χ4v) is 9.41. The first-order chi connectivity index (χ1) is 25.3. The number of hydrogen-bond donors (Lipinski definition) is 0. The lowest BCUT2D eigenvalue weighted by molar-refractivity contribution is 0.669. The molecule has 0 atom stereocenters. The summed E-state index contributed by atoms with van der Waals surface area (Å²) in [6, 6.07) is 52.2. The molecule has 8 aromatic carbocycles. The van der Waals surface area contributed by atoms with E-state index in [4.69, 9.17) is 14.4 Å². The van der Waals surface area contributed by atoms with Crippen molar-refractivity contribution >= 4 is 108 Å². The van der Waals surface area contributed by atoms with Crippen LogP contribution in [0.2, 0.25) is 0 Å². The second kappa shape index (κ2) is 10.0. The Hall–Kier alpha value is -6.56. The van der Waals surface area contributed by atoms with Crippen molar-refractivity contribution in [3.8, 4) is 17.1 Å². The molecule has 4 nitrogen and oxygen atoms in total. The van der Waals surface area contributed by atoms with Crippen molar-refractivity contribution in [2.75, 3.05) is 0 Å². The van der Waals surface area contributed by atoms with Gasteiger partial charge in [-0.2, -0.15) is 0 Å². The van der Waals surface area contributed by atoms with E-state index in [1.807, 2.05) is 6.20 Å². The first kappa shape index (κ1) is 27.3. The molecule has 0 amide bonds. The van der Waals surface area contributed by atoms with E-state index in [0.717, 1.165) is 43.4 Å². The van der Waals surface area contributed by atoms with Crippen molar-refractivity contribution < 1.29 is 4.42 Å². The van der Waals surface area contributed by atoms with Crippen molar-refractivity contribution in [2.24, 2.45) is 0 Å². The largest absolute Gasteiger partial charge is 0.456 e. The zero-order valence-electron chi connectivity index (χ0n) is 27.1. The van der Waals surface area contributed by atoms with Gasteiger partial charge in [0, 0.05) is 54.5 Å². The molecule has 236 valence electrons. The van der Waals surface area contributed by atoms with E-state index in [1.165, 1.54) is 64.2 Å². The highest BCUT2D eigenvalue weighted by molar-refractivity contribution is 7.25. The number of furan rings is 1. The Labute approximate surface area is 294 Å². The lowest BCUT2D eigenvalue weighted by Crippen LogP contribution is -1.93. The average Bonchev–Trinajstić information content (AvgIpc) is 3.85. The fraction of sp³-hybridized carbons (Fsp3) is 0. The molecule has 0 saturated heterocycles. The number of thiophene rings is 1. The van der Waals surface area contributed by atoms with E-state index >= 15 is 0 Å². The normalized spacial score (nSPS) is 12.3. The third kappa shape index (κ3) is 3.78. The number of nitrogens with zero attached hydrogens (tertiary/aromatic N) is 3.